The number of carbonyl (C=O) groups excluding carboxylic acids is 2. The molecule has 11 nitrogen and oxygen atoms in total. The number of esters is 1. The molecule has 3 aliphatic carbocycles. The molecule has 0 spiro atoms. The second kappa shape index (κ2) is 9.82. The lowest BCUT2D eigenvalue weighted by Gasteiger charge is -2.48. The van der Waals surface area contributed by atoms with Crippen molar-refractivity contribution >= 4 is 11.8 Å². The van der Waals surface area contributed by atoms with E-state index in [9.17, 15) is 45.3 Å². The Kier molecular flexibility index (Phi) is 7.42. The number of Topliss-reactive ketones (excluding diaryl/α,β-unsaturated/α-hetero) is 1. The zero-order valence-electron chi connectivity index (χ0n) is 18.2. The van der Waals surface area contributed by atoms with E-state index in [0.717, 1.165) is 0 Å². The van der Waals surface area contributed by atoms with Crippen molar-refractivity contribution in [2.75, 3.05) is 0 Å². The normalized spacial score (nSPS) is 51.0. The molecule has 0 radical (unpaired) electrons. The number of hydrogen-bond acceptors (Lipinski definition) is 11. The Morgan fingerprint density at radius 2 is 1.45 bits per heavy atom. The smallest absolute Gasteiger partial charge is 0.309 e. The molecule has 4 fully saturated rings. The molecule has 9 unspecified atom stereocenters. The fraction of sp³-hybridized carbons (Fsp3) is 0.909. The van der Waals surface area contributed by atoms with Gasteiger partial charge in [0.2, 0.25) is 0 Å². The minimum atomic E-state index is -1.38. The number of ketones is 1. The van der Waals surface area contributed by atoms with Crippen molar-refractivity contribution in [2.45, 2.75) is 106 Å². The third-order valence-electron chi connectivity index (χ3n) is 7.78. The topological polar surface area (TPSA) is 194 Å². The second-order valence-electron chi connectivity index (χ2n) is 10.1. The first-order valence-electron chi connectivity index (χ1n) is 11.7. The minimum Gasteiger partial charge on any atom is -0.451 e. The van der Waals surface area contributed by atoms with Gasteiger partial charge < -0.3 is 45.2 Å². The molecule has 188 valence electrons. The molecule has 0 aromatic rings. The van der Waals surface area contributed by atoms with Crippen LogP contribution in [0.2, 0.25) is 0 Å². The highest BCUT2D eigenvalue weighted by atomic mass is 16.6. The molecule has 0 aromatic carbocycles. The standard InChI is InChI=1S/C22H34O11/c23-10-6-13(26)17-16(7-10)32-20(8-1-2-11(24)12(25)3-8)21(19(17)30)33-22(31)9-4-14(27)18(29)15(28)5-9/h8-18,20-21,23-29H,1-7H2/t8?,9?,10?,11?,12?,13?,14?,15?,16?,17?,18?,20-,21-/m1/s1. The lowest BCUT2D eigenvalue weighted by atomic mass is 9.72. The molecule has 3 saturated carbocycles. The Balaban J connectivity index is 1.55. The van der Waals surface area contributed by atoms with E-state index in [-0.39, 0.29) is 38.5 Å². The third-order valence-corrected chi connectivity index (χ3v) is 7.78. The van der Waals surface area contributed by atoms with Crippen molar-refractivity contribution in [1.29, 1.82) is 0 Å². The van der Waals surface area contributed by atoms with Gasteiger partial charge >= 0.3 is 5.97 Å². The fourth-order valence-corrected chi connectivity index (χ4v) is 5.89. The summed E-state index contributed by atoms with van der Waals surface area (Å²) in [7, 11) is 0. The van der Waals surface area contributed by atoms with Crippen LogP contribution in [0.15, 0.2) is 0 Å². The highest BCUT2D eigenvalue weighted by Crippen LogP contribution is 2.41. The Labute approximate surface area is 190 Å². The summed E-state index contributed by atoms with van der Waals surface area (Å²) in [6, 6.07) is 0. The zero-order valence-corrected chi connectivity index (χ0v) is 18.2. The van der Waals surface area contributed by atoms with Gasteiger partial charge in [0.1, 0.15) is 12.2 Å². The van der Waals surface area contributed by atoms with E-state index in [4.69, 9.17) is 9.47 Å². The van der Waals surface area contributed by atoms with Crippen LogP contribution in [0.1, 0.15) is 44.9 Å². The SMILES string of the molecule is O=C(O[C@@H]1C(=O)C2C(O)CC(O)CC2O[C@@H]1C1CCC(O)C(O)C1)C1CC(O)C(O)C(O)C1. The lowest BCUT2D eigenvalue weighted by molar-refractivity contribution is -0.221. The van der Waals surface area contributed by atoms with Gasteiger partial charge in [-0.25, -0.2) is 0 Å². The van der Waals surface area contributed by atoms with Crippen molar-refractivity contribution < 1.29 is 54.8 Å². The molecule has 4 rings (SSSR count). The van der Waals surface area contributed by atoms with Gasteiger partial charge in [0.25, 0.3) is 0 Å². The lowest BCUT2D eigenvalue weighted by Crippen LogP contribution is -2.62. The average Bonchev–Trinajstić information content (AvgIpc) is 2.74. The maximum absolute atomic E-state index is 13.4. The molecule has 0 bridgehead atoms. The first kappa shape index (κ1) is 24.9. The second-order valence-corrected chi connectivity index (χ2v) is 10.1. The summed E-state index contributed by atoms with van der Waals surface area (Å²) in [4.78, 5) is 26.3. The van der Waals surface area contributed by atoms with Crippen LogP contribution in [-0.2, 0) is 19.1 Å². The minimum absolute atomic E-state index is 0.00513. The molecule has 4 aliphatic rings. The molecule has 11 heteroatoms. The largest absolute Gasteiger partial charge is 0.451 e. The third kappa shape index (κ3) is 4.96. The van der Waals surface area contributed by atoms with Crippen LogP contribution in [0.25, 0.3) is 0 Å². The van der Waals surface area contributed by atoms with Gasteiger partial charge in [-0.05, 0) is 38.0 Å². The summed E-state index contributed by atoms with van der Waals surface area (Å²) in [6.07, 6.45) is -10.4. The van der Waals surface area contributed by atoms with Gasteiger partial charge in [0.15, 0.2) is 11.9 Å². The van der Waals surface area contributed by atoms with E-state index in [1.807, 2.05) is 0 Å². The molecule has 0 amide bonds. The number of fused-ring (bicyclic) bond motifs is 1. The first-order chi connectivity index (χ1) is 15.6. The van der Waals surface area contributed by atoms with Crippen LogP contribution < -0.4 is 0 Å². The molecule has 33 heavy (non-hydrogen) atoms. The van der Waals surface area contributed by atoms with E-state index in [1.54, 1.807) is 0 Å². The van der Waals surface area contributed by atoms with Crippen LogP contribution >= 0.6 is 0 Å². The molecule has 1 heterocycles. The molecule has 1 saturated heterocycles. The maximum atomic E-state index is 13.4. The van der Waals surface area contributed by atoms with Crippen LogP contribution in [0, 0.1) is 17.8 Å². The van der Waals surface area contributed by atoms with E-state index < -0.39 is 90.5 Å². The number of aliphatic hydroxyl groups excluding tert-OH is 7. The zero-order chi connectivity index (χ0) is 24.0. The average molecular weight is 475 g/mol. The van der Waals surface area contributed by atoms with E-state index in [2.05, 4.69) is 0 Å². The van der Waals surface area contributed by atoms with E-state index in [0.29, 0.717) is 6.42 Å². The van der Waals surface area contributed by atoms with Crippen LogP contribution in [0.5, 0.6) is 0 Å². The van der Waals surface area contributed by atoms with Crippen molar-refractivity contribution in [3.63, 3.8) is 0 Å². The van der Waals surface area contributed by atoms with Crippen molar-refractivity contribution in [3.8, 4) is 0 Å². The number of aliphatic hydroxyl groups is 7. The predicted molar refractivity (Wildman–Crippen MR) is 108 cm³/mol. The van der Waals surface area contributed by atoms with Crippen molar-refractivity contribution in [2.24, 2.45) is 17.8 Å². The molecule has 7 N–H and O–H groups in total. The van der Waals surface area contributed by atoms with Gasteiger partial charge in [-0.15, -0.1) is 0 Å². The van der Waals surface area contributed by atoms with Crippen LogP contribution in [-0.4, -0.2) is 109 Å². The summed E-state index contributed by atoms with van der Waals surface area (Å²) < 4.78 is 11.7. The van der Waals surface area contributed by atoms with Gasteiger partial charge in [-0.2, -0.15) is 0 Å². The summed E-state index contributed by atoms with van der Waals surface area (Å²) >= 11 is 0. The molecule has 0 aromatic heterocycles. The Hall–Kier alpha value is -1.18. The van der Waals surface area contributed by atoms with E-state index >= 15 is 0 Å². The maximum Gasteiger partial charge on any atom is 0.309 e. The van der Waals surface area contributed by atoms with Gasteiger partial charge in [0.05, 0.1) is 54.6 Å². The molecular weight excluding hydrogens is 440 g/mol. The molecule has 1 aliphatic heterocycles. The quantitative estimate of drug-likeness (QED) is 0.212. The highest BCUT2D eigenvalue weighted by Gasteiger charge is 2.55. The highest BCUT2D eigenvalue weighted by molar-refractivity contribution is 5.90. The summed E-state index contributed by atoms with van der Waals surface area (Å²) in [5, 5.41) is 70.1. The van der Waals surface area contributed by atoms with Crippen LogP contribution in [0.3, 0.4) is 0 Å². The number of hydrogen-bond donors (Lipinski definition) is 7. The van der Waals surface area contributed by atoms with Crippen molar-refractivity contribution in [3.05, 3.63) is 0 Å². The predicted octanol–water partition coefficient (Wildman–Crippen LogP) is -2.62. The first-order valence-corrected chi connectivity index (χ1v) is 11.7. The summed E-state index contributed by atoms with van der Waals surface area (Å²) in [5.41, 5.74) is 0. The number of carbonyl (C=O) groups is 2. The van der Waals surface area contributed by atoms with E-state index in [1.165, 1.54) is 0 Å². The monoisotopic (exact) mass is 474 g/mol. The Morgan fingerprint density at radius 1 is 0.788 bits per heavy atom. The van der Waals surface area contributed by atoms with Crippen LogP contribution in [0.4, 0.5) is 0 Å². The number of rotatable bonds is 3. The Bertz CT molecular complexity index is 719. The van der Waals surface area contributed by atoms with Gasteiger partial charge in [-0.1, -0.05) is 0 Å². The number of ether oxygens (including phenoxy) is 2. The molecule has 11 atom stereocenters. The fourth-order valence-electron chi connectivity index (χ4n) is 5.89. The summed E-state index contributed by atoms with van der Waals surface area (Å²) in [5.74, 6) is -3.69. The molecular formula is C22H34O11. The summed E-state index contributed by atoms with van der Waals surface area (Å²) in [6.45, 7) is 0. The van der Waals surface area contributed by atoms with Crippen molar-refractivity contribution in [1.82, 2.24) is 0 Å². The Morgan fingerprint density at radius 3 is 2.09 bits per heavy atom. The van der Waals surface area contributed by atoms with Gasteiger partial charge in [-0.3, -0.25) is 9.59 Å². The van der Waals surface area contributed by atoms with Gasteiger partial charge in [0, 0.05) is 12.8 Å².